The van der Waals surface area contributed by atoms with E-state index in [2.05, 4.69) is 10.2 Å². The van der Waals surface area contributed by atoms with Gasteiger partial charge in [0.25, 0.3) is 11.8 Å². The highest BCUT2D eigenvalue weighted by atomic mass is 32.1. The lowest BCUT2D eigenvalue weighted by atomic mass is 10.1. The first-order valence-electron chi connectivity index (χ1n) is 9.83. The summed E-state index contributed by atoms with van der Waals surface area (Å²) in [5, 5.41) is 5.20. The number of aryl methyl sites for hydroxylation is 2. The molecule has 0 atom stereocenters. The molecule has 0 bridgehead atoms. The van der Waals surface area contributed by atoms with E-state index in [1.807, 2.05) is 49.6 Å². The SMILES string of the molecule is Cc1ccc(C)c(NC2=C(c3cccs3)C(=O)N(CCN3CCOCC3)C2=O)c1. The fraction of sp³-hybridized carbons (Fsp3) is 0.364. The number of morpholine rings is 1. The number of rotatable bonds is 6. The van der Waals surface area contributed by atoms with Crippen LogP contribution in [0.15, 0.2) is 41.4 Å². The van der Waals surface area contributed by atoms with E-state index in [1.165, 1.54) is 16.2 Å². The molecule has 0 saturated carbocycles. The van der Waals surface area contributed by atoms with Crippen molar-refractivity contribution in [2.45, 2.75) is 13.8 Å². The predicted molar refractivity (Wildman–Crippen MR) is 115 cm³/mol. The molecule has 0 unspecified atom stereocenters. The Bertz CT molecular complexity index is 946. The maximum atomic E-state index is 13.2. The van der Waals surface area contributed by atoms with E-state index < -0.39 is 0 Å². The lowest BCUT2D eigenvalue weighted by Gasteiger charge is -2.28. The minimum Gasteiger partial charge on any atom is -0.379 e. The average Bonchev–Trinajstić information content (AvgIpc) is 3.32. The van der Waals surface area contributed by atoms with Gasteiger partial charge in [-0.15, -0.1) is 11.3 Å². The second-order valence-electron chi connectivity index (χ2n) is 7.39. The van der Waals surface area contributed by atoms with E-state index >= 15 is 0 Å². The standard InChI is InChI=1S/C22H25N3O3S/c1-15-5-6-16(2)17(14-15)23-20-19(18-4-3-13-29-18)21(26)25(22(20)27)8-7-24-9-11-28-12-10-24/h3-6,13-14,23H,7-12H2,1-2H3. The zero-order valence-electron chi connectivity index (χ0n) is 16.7. The molecular weight excluding hydrogens is 386 g/mol. The number of hydrogen-bond donors (Lipinski definition) is 1. The zero-order valence-corrected chi connectivity index (χ0v) is 17.6. The summed E-state index contributed by atoms with van der Waals surface area (Å²) in [6.45, 7) is 8.09. The van der Waals surface area contributed by atoms with Crippen molar-refractivity contribution in [1.82, 2.24) is 9.80 Å². The predicted octanol–water partition coefficient (Wildman–Crippen LogP) is 2.89. The van der Waals surface area contributed by atoms with Crippen LogP contribution < -0.4 is 5.32 Å². The van der Waals surface area contributed by atoms with Crippen molar-refractivity contribution < 1.29 is 14.3 Å². The number of amides is 2. The number of nitrogens with zero attached hydrogens (tertiary/aromatic N) is 2. The lowest BCUT2D eigenvalue weighted by molar-refractivity contribution is -0.137. The molecule has 2 aliphatic heterocycles. The summed E-state index contributed by atoms with van der Waals surface area (Å²) in [4.78, 5) is 30.9. The first-order valence-corrected chi connectivity index (χ1v) is 10.7. The molecule has 1 saturated heterocycles. The highest BCUT2D eigenvalue weighted by molar-refractivity contribution is 7.11. The maximum absolute atomic E-state index is 13.2. The smallest absolute Gasteiger partial charge is 0.278 e. The van der Waals surface area contributed by atoms with Gasteiger partial charge < -0.3 is 10.1 Å². The van der Waals surface area contributed by atoms with Gasteiger partial charge in [-0.3, -0.25) is 19.4 Å². The van der Waals surface area contributed by atoms with Crippen LogP contribution in [0.25, 0.3) is 5.57 Å². The van der Waals surface area contributed by atoms with Crippen molar-refractivity contribution in [2.75, 3.05) is 44.7 Å². The first kappa shape index (κ1) is 19.8. The third kappa shape index (κ3) is 4.12. The molecule has 2 amide bonds. The van der Waals surface area contributed by atoms with Crippen LogP contribution in [0.1, 0.15) is 16.0 Å². The number of imide groups is 1. The molecule has 0 aliphatic carbocycles. The molecule has 7 heteroatoms. The molecule has 1 aromatic carbocycles. The van der Waals surface area contributed by atoms with Crippen LogP contribution in [0.5, 0.6) is 0 Å². The molecule has 6 nitrogen and oxygen atoms in total. The molecule has 3 heterocycles. The molecule has 1 N–H and O–H groups in total. The Morgan fingerprint density at radius 3 is 2.59 bits per heavy atom. The van der Waals surface area contributed by atoms with E-state index in [9.17, 15) is 9.59 Å². The van der Waals surface area contributed by atoms with Crippen LogP contribution in [0.4, 0.5) is 5.69 Å². The molecular formula is C22H25N3O3S. The van der Waals surface area contributed by atoms with Gasteiger partial charge in [0.15, 0.2) is 0 Å². The first-order chi connectivity index (χ1) is 14.0. The number of ether oxygens (including phenoxy) is 1. The monoisotopic (exact) mass is 411 g/mol. The molecule has 29 heavy (non-hydrogen) atoms. The van der Waals surface area contributed by atoms with Crippen LogP contribution in [0.2, 0.25) is 0 Å². The molecule has 0 radical (unpaired) electrons. The van der Waals surface area contributed by atoms with Crippen LogP contribution in [-0.4, -0.2) is 61.0 Å². The summed E-state index contributed by atoms with van der Waals surface area (Å²) in [5.74, 6) is -0.480. The topological polar surface area (TPSA) is 61.9 Å². The van der Waals surface area contributed by atoms with Crippen molar-refractivity contribution in [2.24, 2.45) is 0 Å². The summed E-state index contributed by atoms with van der Waals surface area (Å²) in [5.41, 5.74) is 3.81. The molecule has 1 aromatic heterocycles. The highest BCUT2D eigenvalue weighted by Crippen LogP contribution is 2.33. The van der Waals surface area contributed by atoms with E-state index in [-0.39, 0.29) is 11.8 Å². The molecule has 2 aromatic rings. The third-order valence-corrected chi connectivity index (χ3v) is 6.22. The highest BCUT2D eigenvalue weighted by Gasteiger charge is 2.39. The Balaban J connectivity index is 1.61. The van der Waals surface area contributed by atoms with E-state index in [4.69, 9.17) is 4.74 Å². The van der Waals surface area contributed by atoms with Gasteiger partial charge in [0.05, 0.1) is 18.8 Å². The Morgan fingerprint density at radius 2 is 1.86 bits per heavy atom. The van der Waals surface area contributed by atoms with Crippen LogP contribution >= 0.6 is 11.3 Å². The van der Waals surface area contributed by atoms with Gasteiger partial charge in [-0.25, -0.2) is 0 Å². The number of hydrogen-bond acceptors (Lipinski definition) is 6. The van der Waals surface area contributed by atoms with Gasteiger partial charge in [0.1, 0.15) is 5.70 Å². The van der Waals surface area contributed by atoms with Crippen molar-refractivity contribution >= 4 is 34.4 Å². The molecule has 0 spiro atoms. The fourth-order valence-corrected chi connectivity index (χ4v) is 4.38. The summed E-state index contributed by atoms with van der Waals surface area (Å²) >= 11 is 1.47. The van der Waals surface area contributed by atoms with E-state index in [0.29, 0.717) is 37.6 Å². The third-order valence-electron chi connectivity index (χ3n) is 5.33. The quantitative estimate of drug-likeness (QED) is 0.741. The number of thiophene rings is 1. The van der Waals surface area contributed by atoms with Crippen molar-refractivity contribution in [3.8, 4) is 0 Å². The lowest BCUT2D eigenvalue weighted by Crippen LogP contribution is -2.43. The number of nitrogens with one attached hydrogen (secondary N) is 1. The van der Waals surface area contributed by atoms with Crippen molar-refractivity contribution in [3.63, 3.8) is 0 Å². The van der Waals surface area contributed by atoms with Gasteiger partial charge in [-0.1, -0.05) is 18.2 Å². The number of carbonyl (C=O) groups is 2. The largest absolute Gasteiger partial charge is 0.379 e. The Hall–Kier alpha value is -2.48. The summed E-state index contributed by atoms with van der Waals surface area (Å²) in [6, 6.07) is 9.84. The van der Waals surface area contributed by atoms with Crippen molar-refractivity contribution in [3.05, 3.63) is 57.4 Å². The summed E-state index contributed by atoms with van der Waals surface area (Å²) in [7, 11) is 0. The minimum atomic E-state index is -0.257. The fourth-order valence-electron chi connectivity index (χ4n) is 3.62. The van der Waals surface area contributed by atoms with Gasteiger partial charge in [0, 0.05) is 36.7 Å². The van der Waals surface area contributed by atoms with Crippen molar-refractivity contribution in [1.29, 1.82) is 0 Å². The van der Waals surface area contributed by atoms with Gasteiger partial charge in [0.2, 0.25) is 0 Å². The maximum Gasteiger partial charge on any atom is 0.278 e. The average molecular weight is 412 g/mol. The zero-order chi connectivity index (χ0) is 20.4. The van der Waals surface area contributed by atoms with Gasteiger partial charge in [-0.05, 0) is 42.5 Å². The summed E-state index contributed by atoms with van der Waals surface area (Å²) < 4.78 is 5.38. The van der Waals surface area contributed by atoms with Gasteiger partial charge in [-0.2, -0.15) is 0 Å². The van der Waals surface area contributed by atoms with E-state index in [0.717, 1.165) is 34.8 Å². The second-order valence-corrected chi connectivity index (χ2v) is 8.33. The Morgan fingerprint density at radius 1 is 1.07 bits per heavy atom. The normalized spacial score (nSPS) is 18.1. The van der Waals surface area contributed by atoms with Crippen LogP contribution in [0, 0.1) is 13.8 Å². The summed E-state index contributed by atoms with van der Waals surface area (Å²) in [6.07, 6.45) is 0. The second kappa shape index (κ2) is 8.49. The minimum absolute atomic E-state index is 0.224. The Labute approximate surface area is 174 Å². The molecule has 4 rings (SSSR count). The number of benzene rings is 1. The number of anilines is 1. The Kier molecular flexibility index (Phi) is 5.80. The molecule has 2 aliphatic rings. The molecule has 1 fully saturated rings. The van der Waals surface area contributed by atoms with E-state index in [1.54, 1.807) is 0 Å². The molecule has 152 valence electrons. The van der Waals surface area contributed by atoms with Crippen LogP contribution in [0.3, 0.4) is 0 Å². The number of carbonyl (C=O) groups excluding carboxylic acids is 2. The van der Waals surface area contributed by atoms with Gasteiger partial charge >= 0.3 is 0 Å². The van der Waals surface area contributed by atoms with Crippen LogP contribution in [-0.2, 0) is 14.3 Å².